The highest BCUT2D eigenvalue weighted by Gasteiger charge is 2.15. The van der Waals surface area contributed by atoms with Crippen LogP contribution >= 0.6 is 0 Å². The molecule has 0 radical (unpaired) electrons. The van der Waals surface area contributed by atoms with Gasteiger partial charge < -0.3 is 5.32 Å². The van der Waals surface area contributed by atoms with E-state index in [0.29, 0.717) is 5.69 Å². The first-order chi connectivity index (χ1) is 9.54. The molecule has 0 bridgehead atoms. The van der Waals surface area contributed by atoms with E-state index in [2.05, 4.69) is 20.6 Å². The second kappa shape index (κ2) is 5.92. The summed E-state index contributed by atoms with van der Waals surface area (Å²) in [5.41, 5.74) is 2.59. The van der Waals surface area contributed by atoms with E-state index >= 15 is 0 Å². The van der Waals surface area contributed by atoms with E-state index in [0.717, 1.165) is 11.1 Å². The first kappa shape index (κ1) is 13.7. The molecule has 0 unspecified atom stereocenters. The Labute approximate surface area is 116 Å². The molecule has 6 nitrogen and oxygen atoms in total. The fourth-order valence-electron chi connectivity index (χ4n) is 1.76. The molecule has 0 aliphatic carbocycles. The molecule has 0 atom stereocenters. The Balaban J connectivity index is 2.02. The van der Waals surface area contributed by atoms with Crippen LogP contribution in [0.15, 0.2) is 36.7 Å². The van der Waals surface area contributed by atoms with Gasteiger partial charge in [0, 0.05) is 18.1 Å². The number of carbonyl (C=O) groups excluding carboxylic acids is 2. The number of hydrogen-bond acceptors (Lipinski definition) is 4. The van der Waals surface area contributed by atoms with Crippen molar-refractivity contribution in [3.63, 3.8) is 0 Å². The third kappa shape index (κ3) is 3.61. The normalized spacial score (nSPS) is 9.90. The average Bonchev–Trinajstić information content (AvgIpc) is 2.38. The van der Waals surface area contributed by atoms with Crippen molar-refractivity contribution in [3.8, 4) is 0 Å². The van der Waals surface area contributed by atoms with Gasteiger partial charge in [0.1, 0.15) is 0 Å². The van der Waals surface area contributed by atoms with Crippen LogP contribution in [0.1, 0.15) is 11.1 Å². The SMILES string of the molecule is Cc1cc(C)cc(NC(=O)C(=O)Nc2ncccn2)c1. The number of carbonyl (C=O) groups is 2. The molecule has 1 heterocycles. The molecule has 1 aromatic heterocycles. The van der Waals surface area contributed by atoms with Gasteiger partial charge >= 0.3 is 11.8 Å². The van der Waals surface area contributed by atoms with Crippen molar-refractivity contribution in [1.82, 2.24) is 9.97 Å². The molecule has 20 heavy (non-hydrogen) atoms. The van der Waals surface area contributed by atoms with E-state index < -0.39 is 11.8 Å². The lowest BCUT2D eigenvalue weighted by atomic mass is 10.1. The van der Waals surface area contributed by atoms with E-state index in [1.54, 1.807) is 18.2 Å². The van der Waals surface area contributed by atoms with E-state index in [1.165, 1.54) is 12.4 Å². The third-order valence-electron chi connectivity index (χ3n) is 2.48. The van der Waals surface area contributed by atoms with Gasteiger partial charge in [-0.25, -0.2) is 9.97 Å². The van der Waals surface area contributed by atoms with Crippen LogP contribution < -0.4 is 10.6 Å². The lowest BCUT2D eigenvalue weighted by molar-refractivity contribution is -0.133. The molecule has 0 aliphatic rings. The Hall–Kier alpha value is -2.76. The number of nitrogens with zero attached hydrogens (tertiary/aromatic N) is 2. The number of hydrogen-bond donors (Lipinski definition) is 2. The number of nitrogens with one attached hydrogen (secondary N) is 2. The van der Waals surface area contributed by atoms with Gasteiger partial charge in [-0.1, -0.05) is 6.07 Å². The van der Waals surface area contributed by atoms with Gasteiger partial charge in [0.25, 0.3) is 0 Å². The maximum absolute atomic E-state index is 11.8. The molecule has 102 valence electrons. The van der Waals surface area contributed by atoms with Gasteiger partial charge in [-0.2, -0.15) is 0 Å². The van der Waals surface area contributed by atoms with Crippen molar-refractivity contribution in [1.29, 1.82) is 0 Å². The number of benzene rings is 1. The molecular weight excluding hydrogens is 256 g/mol. The fourth-order valence-corrected chi connectivity index (χ4v) is 1.76. The zero-order valence-corrected chi connectivity index (χ0v) is 11.2. The van der Waals surface area contributed by atoms with E-state index in [-0.39, 0.29) is 5.95 Å². The highest BCUT2D eigenvalue weighted by molar-refractivity contribution is 6.43. The Morgan fingerprint density at radius 1 is 0.900 bits per heavy atom. The van der Waals surface area contributed by atoms with Crippen LogP contribution in [-0.2, 0) is 9.59 Å². The summed E-state index contributed by atoms with van der Waals surface area (Å²) in [5.74, 6) is -1.48. The first-order valence-electron chi connectivity index (χ1n) is 6.02. The monoisotopic (exact) mass is 270 g/mol. The van der Waals surface area contributed by atoms with Gasteiger partial charge in [-0.05, 0) is 43.2 Å². The minimum absolute atomic E-state index is 0.0908. The predicted molar refractivity (Wildman–Crippen MR) is 75.2 cm³/mol. The number of aryl methyl sites for hydroxylation is 2. The first-order valence-corrected chi connectivity index (χ1v) is 6.02. The van der Waals surface area contributed by atoms with Crippen LogP contribution in [0.5, 0.6) is 0 Å². The molecule has 2 aromatic rings. The Kier molecular flexibility index (Phi) is 4.05. The van der Waals surface area contributed by atoms with Crippen molar-refractivity contribution in [2.24, 2.45) is 0 Å². The van der Waals surface area contributed by atoms with Gasteiger partial charge in [0.2, 0.25) is 5.95 Å². The Morgan fingerprint density at radius 2 is 1.45 bits per heavy atom. The molecule has 2 amide bonds. The number of anilines is 2. The van der Waals surface area contributed by atoms with E-state index in [1.807, 2.05) is 19.9 Å². The molecule has 6 heteroatoms. The minimum atomic E-state index is -0.810. The topological polar surface area (TPSA) is 84.0 Å². The maximum atomic E-state index is 11.8. The summed E-state index contributed by atoms with van der Waals surface area (Å²) in [5, 5.41) is 4.86. The second-order valence-electron chi connectivity index (χ2n) is 4.36. The van der Waals surface area contributed by atoms with E-state index in [9.17, 15) is 9.59 Å². The van der Waals surface area contributed by atoms with Crippen molar-refractivity contribution in [2.75, 3.05) is 10.6 Å². The molecular formula is C14H14N4O2. The summed E-state index contributed by atoms with van der Waals surface area (Å²) in [6.07, 6.45) is 2.95. The molecule has 1 aromatic carbocycles. The minimum Gasteiger partial charge on any atom is -0.318 e. The highest BCUT2D eigenvalue weighted by Crippen LogP contribution is 2.13. The second-order valence-corrected chi connectivity index (χ2v) is 4.36. The summed E-state index contributed by atoms with van der Waals surface area (Å²) in [7, 11) is 0. The van der Waals surface area contributed by atoms with Crippen LogP contribution in [0.25, 0.3) is 0 Å². The summed E-state index contributed by atoms with van der Waals surface area (Å²) < 4.78 is 0. The van der Waals surface area contributed by atoms with Gasteiger partial charge in [-0.3, -0.25) is 14.9 Å². The zero-order chi connectivity index (χ0) is 14.5. The van der Waals surface area contributed by atoms with Gasteiger partial charge in [0.05, 0.1) is 0 Å². The Morgan fingerprint density at radius 3 is 2.05 bits per heavy atom. The van der Waals surface area contributed by atoms with E-state index in [4.69, 9.17) is 0 Å². The van der Waals surface area contributed by atoms with Gasteiger partial charge in [0.15, 0.2) is 0 Å². The molecule has 0 saturated heterocycles. The molecule has 0 spiro atoms. The van der Waals surface area contributed by atoms with Crippen LogP contribution in [0.2, 0.25) is 0 Å². The maximum Gasteiger partial charge on any atom is 0.316 e. The van der Waals surface area contributed by atoms with Crippen molar-refractivity contribution in [3.05, 3.63) is 47.8 Å². The van der Waals surface area contributed by atoms with Crippen molar-refractivity contribution >= 4 is 23.5 Å². The number of aromatic nitrogens is 2. The fraction of sp³-hybridized carbons (Fsp3) is 0.143. The molecule has 0 aliphatic heterocycles. The van der Waals surface area contributed by atoms with Crippen LogP contribution in [0.3, 0.4) is 0 Å². The quantitative estimate of drug-likeness (QED) is 0.813. The summed E-state index contributed by atoms with van der Waals surface area (Å²) >= 11 is 0. The van der Waals surface area contributed by atoms with Crippen LogP contribution in [0, 0.1) is 13.8 Å². The molecule has 0 saturated carbocycles. The smallest absolute Gasteiger partial charge is 0.316 e. The summed E-state index contributed by atoms with van der Waals surface area (Å²) in [6.45, 7) is 3.83. The van der Waals surface area contributed by atoms with Crippen LogP contribution in [-0.4, -0.2) is 21.8 Å². The summed E-state index contributed by atoms with van der Waals surface area (Å²) in [6, 6.07) is 7.17. The van der Waals surface area contributed by atoms with Crippen molar-refractivity contribution in [2.45, 2.75) is 13.8 Å². The van der Waals surface area contributed by atoms with Crippen molar-refractivity contribution < 1.29 is 9.59 Å². The average molecular weight is 270 g/mol. The number of rotatable bonds is 2. The zero-order valence-electron chi connectivity index (χ0n) is 11.2. The number of amides is 2. The molecule has 2 rings (SSSR count). The highest BCUT2D eigenvalue weighted by atomic mass is 16.2. The predicted octanol–water partition coefficient (Wildman–Crippen LogP) is 1.67. The standard InChI is InChI=1S/C14H14N4O2/c1-9-6-10(2)8-11(7-9)17-12(19)13(20)18-14-15-4-3-5-16-14/h3-8H,1-2H3,(H,17,19)(H,15,16,18,20). The lowest BCUT2D eigenvalue weighted by Crippen LogP contribution is -2.29. The largest absolute Gasteiger partial charge is 0.318 e. The molecule has 2 N–H and O–H groups in total. The lowest BCUT2D eigenvalue weighted by Gasteiger charge is -2.07. The van der Waals surface area contributed by atoms with Crippen LogP contribution in [0.4, 0.5) is 11.6 Å². The summed E-state index contributed by atoms with van der Waals surface area (Å²) in [4.78, 5) is 31.1. The van der Waals surface area contributed by atoms with Gasteiger partial charge in [-0.15, -0.1) is 0 Å². The third-order valence-corrected chi connectivity index (χ3v) is 2.48. The Bertz CT molecular complexity index is 621. The molecule has 0 fully saturated rings.